The number of aliphatic hydroxyl groups is 1. The number of hydrogen-bond donors (Lipinski definition) is 1. The lowest BCUT2D eigenvalue weighted by Gasteiger charge is -2.08. The number of hydrogen-bond acceptors (Lipinski definition) is 1. The first-order chi connectivity index (χ1) is 4.06. The van der Waals surface area contributed by atoms with Crippen molar-refractivity contribution in [2.75, 3.05) is 0 Å². The van der Waals surface area contributed by atoms with Crippen molar-refractivity contribution < 1.29 is 5.11 Å². The summed E-state index contributed by atoms with van der Waals surface area (Å²) in [7, 11) is 0. The molecule has 0 aromatic carbocycles. The summed E-state index contributed by atoms with van der Waals surface area (Å²) in [5, 5.41) is 9.09. The second kappa shape index (κ2) is 3.32. The Kier molecular flexibility index (Phi) is 3.05. The number of rotatable bonds is 1. The molecule has 0 atom stereocenters. The van der Waals surface area contributed by atoms with Crippen LogP contribution in [0.4, 0.5) is 0 Å². The lowest BCUT2D eigenvalue weighted by atomic mass is 10.1. The lowest BCUT2D eigenvalue weighted by molar-refractivity contribution is 0.133. The fourth-order valence-electron chi connectivity index (χ4n) is 0.329. The quantitative estimate of drug-likeness (QED) is 0.523. The fourth-order valence-corrected chi connectivity index (χ4v) is 0.329. The van der Waals surface area contributed by atoms with E-state index in [-0.39, 0.29) is 0 Å². The first kappa shape index (κ1) is 8.26. The third-order valence-corrected chi connectivity index (χ3v) is 0.719. The van der Waals surface area contributed by atoms with Crippen LogP contribution in [0, 0.1) is 11.8 Å². The predicted molar refractivity (Wildman–Crippen MR) is 38.9 cm³/mol. The molecule has 0 aromatic heterocycles. The van der Waals surface area contributed by atoms with Crippen LogP contribution >= 0.6 is 0 Å². The molecule has 0 radical (unpaired) electrons. The van der Waals surface area contributed by atoms with E-state index in [9.17, 15) is 0 Å². The predicted octanol–water partition coefficient (Wildman–Crippen LogP) is 1.34. The maximum absolute atomic E-state index is 9.09. The topological polar surface area (TPSA) is 20.2 Å². The van der Waals surface area contributed by atoms with Crippen LogP contribution < -0.4 is 0 Å². The monoisotopic (exact) mass is 124 g/mol. The van der Waals surface area contributed by atoms with Gasteiger partial charge in [-0.1, -0.05) is 5.92 Å². The van der Waals surface area contributed by atoms with E-state index in [1.807, 2.05) is 0 Å². The normalized spacial score (nSPS) is 11.1. The zero-order valence-corrected chi connectivity index (χ0v) is 6.10. The highest BCUT2D eigenvalue weighted by Gasteiger charge is 2.03. The van der Waals surface area contributed by atoms with Gasteiger partial charge in [0.2, 0.25) is 0 Å². The molecule has 0 aliphatic rings. The van der Waals surface area contributed by atoms with Crippen molar-refractivity contribution in [3.8, 4) is 11.8 Å². The van der Waals surface area contributed by atoms with Gasteiger partial charge in [-0.2, -0.15) is 0 Å². The average Bonchev–Trinajstić information content (AvgIpc) is 1.63. The Morgan fingerprint density at radius 3 is 2.33 bits per heavy atom. The van der Waals surface area contributed by atoms with E-state index < -0.39 is 5.60 Å². The molecule has 0 fully saturated rings. The third kappa shape index (κ3) is 7.26. The molecular weight excluding hydrogens is 112 g/mol. The van der Waals surface area contributed by atoms with Gasteiger partial charge in [-0.3, -0.25) is 0 Å². The van der Waals surface area contributed by atoms with E-state index in [1.54, 1.807) is 32.9 Å². The minimum atomic E-state index is -0.732. The summed E-state index contributed by atoms with van der Waals surface area (Å²) in [6, 6.07) is 0. The summed E-state index contributed by atoms with van der Waals surface area (Å²) >= 11 is 0. The zero-order valence-electron chi connectivity index (χ0n) is 6.10. The fraction of sp³-hybridized carbons (Fsp3) is 0.500. The molecule has 0 saturated heterocycles. The largest absolute Gasteiger partial charge is 0.386 e. The summed E-state index contributed by atoms with van der Waals surface area (Å²) < 4.78 is 0. The molecular formula is C8H12O. The van der Waals surface area contributed by atoms with E-state index in [0.717, 1.165) is 0 Å². The SMILES string of the molecule is CC#C/C=C/C(C)(C)O. The van der Waals surface area contributed by atoms with Crippen LogP contribution in [0.25, 0.3) is 0 Å². The van der Waals surface area contributed by atoms with Crippen molar-refractivity contribution in [3.05, 3.63) is 12.2 Å². The van der Waals surface area contributed by atoms with Crippen molar-refractivity contribution in [1.82, 2.24) is 0 Å². The van der Waals surface area contributed by atoms with Gasteiger partial charge >= 0.3 is 0 Å². The number of allylic oxidation sites excluding steroid dienone is 1. The van der Waals surface area contributed by atoms with E-state index in [1.165, 1.54) is 0 Å². The molecule has 0 aliphatic carbocycles. The summed E-state index contributed by atoms with van der Waals surface area (Å²) in [6.45, 7) is 5.18. The Balaban J connectivity index is 3.81. The van der Waals surface area contributed by atoms with Gasteiger partial charge in [0.05, 0.1) is 5.60 Å². The van der Waals surface area contributed by atoms with Gasteiger partial charge in [0.1, 0.15) is 0 Å². The van der Waals surface area contributed by atoms with Crippen LogP contribution in [0.2, 0.25) is 0 Å². The summed E-state index contributed by atoms with van der Waals surface area (Å²) in [4.78, 5) is 0. The Morgan fingerprint density at radius 2 is 2.00 bits per heavy atom. The van der Waals surface area contributed by atoms with E-state index >= 15 is 0 Å². The van der Waals surface area contributed by atoms with E-state index in [4.69, 9.17) is 5.11 Å². The minimum absolute atomic E-state index is 0.732. The smallest absolute Gasteiger partial charge is 0.0780 e. The maximum atomic E-state index is 9.09. The highest BCUT2D eigenvalue weighted by atomic mass is 16.3. The van der Waals surface area contributed by atoms with Gasteiger partial charge in [0, 0.05) is 0 Å². The Bertz CT molecular complexity index is 150. The van der Waals surface area contributed by atoms with E-state index in [2.05, 4.69) is 11.8 Å². The first-order valence-electron chi connectivity index (χ1n) is 2.88. The van der Waals surface area contributed by atoms with Gasteiger partial charge in [0.15, 0.2) is 0 Å². The molecule has 50 valence electrons. The molecule has 0 aliphatic heterocycles. The van der Waals surface area contributed by atoms with Crippen molar-refractivity contribution in [1.29, 1.82) is 0 Å². The van der Waals surface area contributed by atoms with Crippen LogP contribution in [0.15, 0.2) is 12.2 Å². The van der Waals surface area contributed by atoms with Crippen LogP contribution in [-0.2, 0) is 0 Å². The van der Waals surface area contributed by atoms with E-state index in [0.29, 0.717) is 0 Å². The van der Waals surface area contributed by atoms with Crippen LogP contribution in [0.5, 0.6) is 0 Å². The molecule has 0 rings (SSSR count). The Hall–Kier alpha value is -0.740. The minimum Gasteiger partial charge on any atom is -0.386 e. The Morgan fingerprint density at radius 1 is 1.44 bits per heavy atom. The van der Waals surface area contributed by atoms with Crippen molar-refractivity contribution in [3.63, 3.8) is 0 Å². The van der Waals surface area contributed by atoms with Crippen LogP contribution in [0.1, 0.15) is 20.8 Å². The average molecular weight is 124 g/mol. The maximum Gasteiger partial charge on any atom is 0.0780 e. The molecule has 0 unspecified atom stereocenters. The Labute approximate surface area is 56.4 Å². The zero-order chi connectivity index (χ0) is 7.33. The second-order valence-corrected chi connectivity index (χ2v) is 2.38. The first-order valence-corrected chi connectivity index (χ1v) is 2.88. The van der Waals surface area contributed by atoms with Crippen LogP contribution in [0.3, 0.4) is 0 Å². The molecule has 1 nitrogen and oxygen atoms in total. The van der Waals surface area contributed by atoms with Gasteiger partial charge < -0.3 is 5.11 Å². The third-order valence-electron chi connectivity index (χ3n) is 0.719. The highest BCUT2D eigenvalue weighted by molar-refractivity contribution is 5.16. The van der Waals surface area contributed by atoms with Crippen molar-refractivity contribution in [2.45, 2.75) is 26.4 Å². The van der Waals surface area contributed by atoms with Gasteiger partial charge in [-0.25, -0.2) is 0 Å². The molecule has 0 bridgehead atoms. The molecule has 0 aromatic rings. The summed E-state index contributed by atoms with van der Waals surface area (Å²) in [5.41, 5.74) is -0.732. The highest BCUT2D eigenvalue weighted by Crippen LogP contribution is 2.00. The lowest BCUT2D eigenvalue weighted by Crippen LogP contribution is -2.13. The molecule has 0 saturated carbocycles. The van der Waals surface area contributed by atoms with Gasteiger partial charge in [-0.05, 0) is 32.9 Å². The molecule has 1 heteroatoms. The molecule has 0 spiro atoms. The molecule has 0 heterocycles. The van der Waals surface area contributed by atoms with Gasteiger partial charge in [0.25, 0.3) is 0 Å². The second-order valence-electron chi connectivity index (χ2n) is 2.38. The van der Waals surface area contributed by atoms with Crippen molar-refractivity contribution >= 4 is 0 Å². The molecule has 1 N–H and O–H groups in total. The van der Waals surface area contributed by atoms with Gasteiger partial charge in [-0.15, -0.1) is 5.92 Å². The van der Waals surface area contributed by atoms with Crippen LogP contribution in [-0.4, -0.2) is 10.7 Å². The molecule has 9 heavy (non-hydrogen) atoms. The van der Waals surface area contributed by atoms with Crippen molar-refractivity contribution in [2.24, 2.45) is 0 Å². The summed E-state index contributed by atoms with van der Waals surface area (Å²) in [5.74, 6) is 5.41. The standard InChI is InChI=1S/C8H12O/c1-4-5-6-7-8(2,3)9/h6-7,9H,1-3H3/b7-6+. The molecule has 0 amide bonds. The summed E-state index contributed by atoms with van der Waals surface area (Å²) in [6.07, 6.45) is 3.31.